The van der Waals surface area contributed by atoms with E-state index in [2.05, 4.69) is 46.7 Å². The number of benzene rings is 1. The predicted molar refractivity (Wildman–Crippen MR) is 102 cm³/mol. The molecule has 5 nitrogen and oxygen atoms in total. The van der Waals surface area contributed by atoms with Crippen molar-refractivity contribution in [3.05, 3.63) is 48.3 Å². The average Bonchev–Trinajstić information content (AvgIpc) is 3.05. The average molecular weight is 413 g/mol. The second kappa shape index (κ2) is 10.2. The molecular formula is C16H24IN5. The summed E-state index contributed by atoms with van der Waals surface area (Å²) in [6.07, 6.45) is 4.80. The van der Waals surface area contributed by atoms with Gasteiger partial charge in [-0.1, -0.05) is 19.1 Å². The Hall–Kier alpha value is -1.57. The van der Waals surface area contributed by atoms with Gasteiger partial charge in [-0.2, -0.15) is 5.10 Å². The van der Waals surface area contributed by atoms with Crippen LogP contribution in [-0.2, 0) is 6.54 Å². The minimum absolute atomic E-state index is 0. The van der Waals surface area contributed by atoms with Crippen LogP contribution in [0.5, 0.6) is 0 Å². The summed E-state index contributed by atoms with van der Waals surface area (Å²) in [4.78, 5) is 4.61. The largest absolute Gasteiger partial charge is 0.357 e. The molecule has 0 aliphatic carbocycles. The minimum atomic E-state index is 0. The number of hydrogen-bond donors (Lipinski definition) is 2. The zero-order valence-corrected chi connectivity index (χ0v) is 15.5. The summed E-state index contributed by atoms with van der Waals surface area (Å²) in [5.74, 6) is 0.865. The van der Waals surface area contributed by atoms with Crippen molar-refractivity contribution in [3.8, 4) is 5.69 Å². The van der Waals surface area contributed by atoms with E-state index in [1.165, 1.54) is 0 Å². The van der Waals surface area contributed by atoms with E-state index in [4.69, 9.17) is 0 Å². The lowest BCUT2D eigenvalue weighted by Crippen LogP contribution is -2.37. The smallest absolute Gasteiger partial charge is 0.191 e. The summed E-state index contributed by atoms with van der Waals surface area (Å²) < 4.78 is 1.85. The van der Waals surface area contributed by atoms with Crippen LogP contribution in [0.4, 0.5) is 0 Å². The van der Waals surface area contributed by atoms with Crippen molar-refractivity contribution < 1.29 is 0 Å². The number of nitrogens with zero attached hydrogens (tertiary/aromatic N) is 3. The standard InChI is InChI=1S/C16H23N5.HI/c1-3-9-18-16(17-4-2)19-13-14-7-5-8-15(12-14)21-11-6-10-20-21;/h5-8,10-12H,3-4,9,13H2,1-2H3,(H2,17,18,19);1H. The zero-order chi connectivity index (χ0) is 14.9. The number of nitrogens with one attached hydrogen (secondary N) is 2. The van der Waals surface area contributed by atoms with Crippen LogP contribution in [0.15, 0.2) is 47.7 Å². The van der Waals surface area contributed by atoms with E-state index in [-0.39, 0.29) is 24.0 Å². The predicted octanol–water partition coefficient (Wildman–Crippen LogP) is 2.96. The van der Waals surface area contributed by atoms with Gasteiger partial charge in [0.05, 0.1) is 12.2 Å². The van der Waals surface area contributed by atoms with Crippen molar-refractivity contribution in [1.82, 2.24) is 20.4 Å². The Kier molecular flexibility index (Phi) is 8.57. The van der Waals surface area contributed by atoms with Crippen LogP contribution in [0.25, 0.3) is 5.69 Å². The van der Waals surface area contributed by atoms with Gasteiger partial charge in [-0.3, -0.25) is 0 Å². The Bertz CT molecular complexity index is 566. The van der Waals surface area contributed by atoms with Gasteiger partial charge in [0.25, 0.3) is 0 Å². The van der Waals surface area contributed by atoms with Gasteiger partial charge in [0, 0.05) is 25.5 Å². The first-order valence-electron chi connectivity index (χ1n) is 7.44. The SMILES string of the molecule is CCCNC(=NCc1cccc(-n2cccn2)c1)NCC.I. The number of hydrogen-bond acceptors (Lipinski definition) is 2. The highest BCUT2D eigenvalue weighted by Crippen LogP contribution is 2.10. The van der Waals surface area contributed by atoms with Crippen molar-refractivity contribution in [2.75, 3.05) is 13.1 Å². The molecule has 1 aromatic heterocycles. The second-order valence-corrected chi connectivity index (χ2v) is 4.74. The number of guanidine groups is 1. The summed E-state index contributed by atoms with van der Waals surface area (Å²) in [6, 6.07) is 10.2. The van der Waals surface area contributed by atoms with Crippen molar-refractivity contribution in [1.29, 1.82) is 0 Å². The Morgan fingerprint density at radius 3 is 2.77 bits per heavy atom. The summed E-state index contributed by atoms with van der Waals surface area (Å²) in [7, 11) is 0. The fourth-order valence-corrected chi connectivity index (χ4v) is 1.97. The maximum absolute atomic E-state index is 4.61. The Labute approximate surface area is 149 Å². The molecule has 0 saturated heterocycles. The van der Waals surface area contributed by atoms with E-state index < -0.39 is 0 Å². The molecule has 2 aromatic rings. The van der Waals surface area contributed by atoms with E-state index >= 15 is 0 Å². The molecule has 0 fully saturated rings. The second-order valence-electron chi connectivity index (χ2n) is 4.74. The van der Waals surface area contributed by atoms with E-state index in [1.54, 1.807) is 6.20 Å². The third kappa shape index (κ3) is 5.67. The molecule has 0 radical (unpaired) electrons. The number of halogens is 1. The van der Waals surface area contributed by atoms with Gasteiger partial charge in [0.15, 0.2) is 5.96 Å². The molecule has 0 amide bonds. The normalized spacial score (nSPS) is 10.9. The molecular weight excluding hydrogens is 389 g/mol. The van der Waals surface area contributed by atoms with E-state index in [9.17, 15) is 0 Å². The van der Waals surface area contributed by atoms with Crippen LogP contribution in [0.2, 0.25) is 0 Å². The number of aliphatic imine (C=N–C) groups is 1. The number of aromatic nitrogens is 2. The Morgan fingerprint density at radius 1 is 1.23 bits per heavy atom. The fraction of sp³-hybridized carbons (Fsp3) is 0.375. The molecule has 2 rings (SSSR count). The third-order valence-corrected chi connectivity index (χ3v) is 2.99. The quantitative estimate of drug-likeness (QED) is 0.435. The summed E-state index contributed by atoms with van der Waals surface area (Å²) in [5.41, 5.74) is 2.22. The highest BCUT2D eigenvalue weighted by Gasteiger charge is 1.99. The van der Waals surface area contributed by atoms with Gasteiger partial charge < -0.3 is 10.6 Å². The van der Waals surface area contributed by atoms with Gasteiger partial charge in [-0.05, 0) is 37.1 Å². The molecule has 0 aliphatic rings. The molecule has 120 valence electrons. The molecule has 0 spiro atoms. The molecule has 0 bridgehead atoms. The lowest BCUT2D eigenvalue weighted by atomic mass is 10.2. The van der Waals surface area contributed by atoms with Gasteiger partial charge >= 0.3 is 0 Å². The minimum Gasteiger partial charge on any atom is -0.357 e. The van der Waals surface area contributed by atoms with Crippen LogP contribution in [0.3, 0.4) is 0 Å². The first-order valence-corrected chi connectivity index (χ1v) is 7.44. The van der Waals surface area contributed by atoms with E-state index in [0.29, 0.717) is 6.54 Å². The molecule has 1 heterocycles. The first kappa shape index (κ1) is 18.5. The third-order valence-electron chi connectivity index (χ3n) is 2.99. The Balaban J connectivity index is 0.00000242. The summed E-state index contributed by atoms with van der Waals surface area (Å²) in [6.45, 7) is 6.65. The topological polar surface area (TPSA) is 54.2 Å². The molecule has 22 heavy (non-hydrogen) atoms. The van der Waals surface area contributed by atoms with Gasteiger partial charge in [0.2, 0.25) is 0 Å². The van der Waals surface area contributed by atoms with Crippen LogP contribution < -0.4 is 10.6 Å². The van der Waals surface area contributed by atoms with Crippen molar-refractivity contribution in [3.63, 3.8) is 0 Å². The van der Waals surface area contributed by atoms with Crippen LogP contribution in [-0.4, -0.2) is 28.8 Å². The van der Waals surface area contributed by atoms with Crippen molar-refractivity contribution >= 4 is 29.9 Å². The van der Waals surface area contributed by atoms with Crippen molar-refractivity contribution in [2.24, 2.45) is 4.99 Å². The van der Waals surface area contributed by atoms with Crippen LogP contribution >= 0.6 is 24.0 Å². The monoisotopic (exact) mass is 413 g/mol. The molecule has 6 heteroatoms. The molecule has 0 unspecified atom stereocenters. The molecule has 0 saturated carbocycles. The highest BCUT2D eigenvalue weighted by molar-refractivity contribution is 14.0. The van der Waals surface area contributed by atoms with Gasteiger partial charge in [-0.15, -0.1) is 24.0 Å². The maximum Gasteiger partial charge on any atom is 0.191 e. The molecule has 1 aromatic carbocycles. The lowest BCUT2D eigenvalue weighted by Gasteiger charge is -2.10. The van der Waals surface area contributed by atoms with Gasteiger partial charge in [0.1, 0.15) is 0 Å². The molecule has 2 N–H and O–H groups in total. The Morgan fingerprint density at radius 2 is 2.09 bits per heavy atom. The summed E-state index contributed by atoms with van der Waals surface area (Å²) >= 11 is 0. The van der Waals surface area contributed by atoms with E-state index in [0.717, 1.165) is 36.7 Å². The molecule has 0 aliphatic heterocycles. The number of rotatable bonds is 6. The van der Waals surface area contributed by atoms with Crippen LogP contribution in [0.1, 0.15) is 25.8 Å². The maximum atomic E-state index is 4.61. The summed E-state index contributed by atoms with van der Waals surface area (Å²) in [5, 5.41) is 10.8. The zero-order valence-electron chi connectivity index (χ0n) is 13.1. The fourth-order valence-electron chi connectivity index (χ4n) is 1.97. The van der Waals surface area contributed by atoms with Crippen molar-refractivity contribution in [2.45, 2.75) is 26.8 Å². The first-order chi connectivity index (χ1) is 10.3. The molecule has 0 atom stereocenters. The van der Waals surface area contributed by atoms with E-state index in [1.807, 2.05) is 29.1 Å². The van der Waals surface area contributed by atoms with Crippen LogP contribution in [0, 0.1) is 0 Å². The highest BCUT2D eigenvalue weighted by atomic mass is 127. The lowest BCUT2D eigenvalue weighted by molar-refractivity contribution is 0.785. The van der Waals surface area contributed by atoms with Gasteiger partial charge in [-0.25, -0.2) is 9.67 Å².